The minimum absolute atomic E-state index is 0.0630. The predicted molar refractivity (Wildman–Crippen MR) is 252 cm³/mol. The van der Waals surface area contributed by atoms with Gasteiger partial charge in [0, 0.05) is 19.3 Å². The third-order valence-corrected chi connectivity index (χ3v) is 12.1. The molecule has 0 rings (SSSR count). The topological polar surface area (TPSA) is 78.9 Å². The number of hydrogen-bond acceptors (Lipinski definition) is 6. The van der Waals surface area contributed by atoms with Crippen molar-refractivity contribution in [2.24, 2.45) is 0 Å². The molecule has 0 spiro atoms. The van der Waals surface area contributed by atoms with E-state index in [2.05, 4.69) is 20.8 Å². The van der Waals surface area contributed by atoms with Crippen LogP contribution in [-0.2, 0) is 28.6 Å². The average Bonchev–Trinajstić information content (AvgIpc) is 3.23. The largest absolute Gasteiger partial charge is 0.462 e. The first-order valence-corrected chi connectivity index (χ1v) is 26.5. The maximum atomic E-state index is 12.7. The summed E-state index contributed by atoms with van der Waals surface area (Å²) in [5.74, 6) is -0.856. The summed E-state index contributed by atoms with van der Waals surface area (Å²) in [6, 6.07) is 0. The van der Waals surface area contributed by atoms with Crippen molar-refractivity contribution in [1.29, 1.82) is 0 Å². The second-order valence-electron chi connectivity index (χ2n) is 18.2. The van der Waals surface area contributed by atoms with Gasteiger partial charge >= 0.3 is 17.9 Å². The molecule has 350 valence electrons. The molecule has 0 N–H and O–H groups in total. The zero-order chi connectivity index (χ0) is 43.0. The Hall–Kier alpha value is -1.59. The van der Waals surface area contributed by atoms with Crippen LogP contribution >= 0.6 is 0 Å². The van der Waals surface area contributed by atoms with Crippen molar-refractivity contribution in [2.75, 3.05) is 13.2 Å². The second-order valence-corrected chi connectivity index (χ2v) is 18.2. The van der Waals surface area contributed by atoms with Gasteiger partial charge in [0.25, 0.3) is 0 Å². The first-order valence-electron chi connectivity index (χ1n) is 26.5. The molecule has 6 nitrogen and oxygen atoms in total. The number of rotatable bonds is 49. The van der Waals surface area contributed by atoms with Crippen LogP contribution in [0.2, 0.25) is 0 Å². The van der Waals surface area contributed by atoms with Crippen molar-refractivity contribution in [3.8, 4) is 0 Å². The third kappa shape index (κ3) is 47.3. The quantitative estimate of drug-likeness (QED) is 0.0345. The monoisotopic (exact) mass is 835 g/mol. The Morgan fingerprint density at radius 1 is 0.271 bits per heavy atom. The van der Waals surface area contributed by atoms with Gasteiger partial charge in [-0.25, -0.2) is 0 Å². The van der Waals surface area contributed by atoms with E-state index < -0.39 is 6.10 Å². The Labute approximate surface area is 368 Å². The lowest BCUT2D eigenvalue weighted by molar-refractivity contribution is -0.167. The fourth-order valence-corrected chi connectivity index (χ4v) is 8.09. The van der Waals surface area contributed by atoms with E-state index >= 15 is 0 Å². The number of unbranched alkanes of at least 4 members (excludes halogenated alkanes) is 38. The zero-order valence-electron chi connectivity index (χ0n) is 40.1. The van der Waals surface area contributed by atoms with Crippen molar-refractivity contribution < 1.29 is 28.6 Å². The SMILES string of the molecule is CCCCCCCCCCCCCCCCCCCCCCCC(=O)OCC(COC(=O)CCCCCCC)OC(=O)CCCCCCCCCCCCCCCCC. The summed E-state index contributed by atoms with van der Waals surface area (Å²) in [4.78, 5) is 37.6. The summed E-state index contributed by atoms with van der Waals surface area (Å²) in [7, 11) is 0. The lowest BCUT2D eigenvalue weighted by atomic mass is 10.0. The molecule has 0 aliphatic rings. The van der Waals surface area contributed by atoms with Gasteiger partial charge in [-0.2, -0.15) is 0 Å². The summed E-state index contributed by atoms with van der Waals surface area (Å²) in [6.45, 7) is 6.61. The first kappa shape index (κ1) is 57.4. The van der Waals surface area contributed by atoms with E-state index in [1.807, 2.05) is 0 Å². The fraction of sp³-hybridized carbons (Fsp3) is 0.943. The van der Waals surface area contributed by atoms with Gasteiger partial charge in [-0.05, 0) is 19.3 Å². The second kappa shape index (κ2) is 49.1. The Balaban J connectivity index is 4.05. The molecular weight excluding hydrogens is 733 g/mol. The van der Waals surface area contributed by atoms with Gasteiger partial charge in [0.05, 0.1) is 0 Å². The van der Waals surface area contributed by atoms with Crippen molar-refractivity contribution in [3.63, 3.8) is 0 Å². The normalized spacial score (nSPS) is 11.8. The van der Waals surface area contributed by atoms with Gasteiger partial charge in [0.2, 0.25) is 0 Å². The van der Waals surface area contributed by atoms with Crippen molar-refractivity contribution in [2.45, 2.75) is 309 Å². The Bertz CT molecular complexity index is 874. The van der Waals surface area contributed by atoms with Gasteiger partial charge < -0.3 is 14.2 Å². The maximum Gasteiger partial charge on any atom is 0.306 e. The third-order valence-electron chi connectivity index (χ3n) is 12.1. The van der Waals surface area contributed by atoms with E-state index in [4.69, 9.17) is 14.2 Å². The standard InChI is InChI=1S/C53H102O6/c1-4-7-10-13-15-17-19-21-23-24-25-26-27-28-30-31-33-35-37-40-43-46-52(55)58-49-50(48-57-51(54)45-42-39-12-9-6-3)59-53(56)47-44-41-38-36-34-32-29-22-20-18-16-14-11-8-5-2/h50H,4-49H2,1-3H3. The van der Waals surface area contributed by atoms with Gasteiger partial charge in [0.1, 0.15) is 13.2 Å². The molecule has 0 fully saturated rings. The summed E-state index contributed by atoms with van der Waals surface area (Å²) in [5.41, 5.74) is 0. The fourth-order valence-electron chi connectivity index (χ4n) is 8.09. The van der Waals surface area contributed by atoms with E-state index in [0.29, 0.717) is 19.3 Å². The highest BCUT2D eigenvalue weighted by atomic mass is 16.6. The minimum Gasteiger partial charge on any atom is -0.462 e. The molecule has 0 saturated heterocycles. The molecule has 0 radical (unpaired) electrons. The lowest BCUT2D eigenvalue weighted by Crippen LogP contribution is -2.30. The number of carbonyl (C=O) groups excluding carboxylic acids is 3. The van der Waals surface area contributed by atoms with Crippen molar-refractivity contribution in [3.05, 3.63) is 0 Å². The molecule has 0 amide bonds. The van der Waals surface area contributed by atoms with E-state index in [0.717, 1.165) is 64.2 Å². The number of esters is 3. The molecule has 0 bridgehead atoms. The Morgan fingerprint density at radius 3 is 0.678 bits per heavy atom. The van der Waals surface area contributed by atoms with E-state index in [9.17, 15) is 14.4 Å². The molecule has 0 heterocycles. The van der Waals surface area contributed by atoms with Crippen LogP contribution in [0.5, 0.6) is 0 Å². The number of carbonyl (C=O) groups is 3. The van der Waals surface area contributed by atoms with E-state index in [1.165, 1.54) is 199 Å². The zero-order valence-corrected chi connectivity index (χ0v) is 40.1. The van der Waals surface area contributed by atoms with Crippen LogP contribution in [-0.4, -0.2) is 37.2 Å². The molecule has 1 atom stereocenters. The molecule has 59 heavy (non-hydrogen) atoms. The summed E-state index contributed by atoms with van der Waals surface area (Å²) >= 11 is 0. The smallest absolute Gasteiger partial charge is 0.306 e. The van der Waals surface area contributed by atoms with Gasteiger partial charge in [-0.15, -0.1) is 0 Å². The van der Waals surface area contributed by atoms with Crippen molar-refractivity contribution >= 4 is 17.9 Å². The Morgan fingerprint density at radius 2 is 0.458 bits per heavy atom. The van der Waals surface area contributed by atoms with Crippen LogP contribution in [0.4, 0.5) is 0 Å². The number of ether oxygens (including phenoxy) is 3. The first-order chi connectivity index (χ1) is 29.0. The molecule has 0 saturated carbocycles. The van der Waals surface area contributed by atoms with Crippen molar-refractivity contribution in [1.82, 2.24) is 0 Å². The highest BCUT2D eigenvalue weighted by molar-refractivity contribution is 5.71. The van der Waals surface area contributed by atoms with E-state index in [-0.39, 0.29) is 31.1 Å². The lowest BCUT2D eigenvalue weighted by Gasteiger charge is -2.18. The highest BCUT2D eigenvalue weighted by Crippen LogP contribution is 2.17. The molecule has 1 unspecified atom stereocenters. The molecule has 0 aromatic carbocycles. The van der Waals surface area contributed by atoms with E-state index in [1.54, 1.807) is 0 Å². The average molecular weight is 835 g/mol. The molecule has 0 aromatic heterocycles. The summed E-state index contributed by atoms with van der Waals surface area (Å²) in [6.07, 6.45) is 52.7. The molecule has 0 aliphatic heterocycles. The van der Waals surface area contributed by atoms with Crippen LogP contribution in [0.3, 0.4) is 0 Å². The van der Waals surface area contributed by atoms with Gasteiger partial charge in [0.15, 0.2) is 6.10 Å². The van der Waals surface area contributed by atoms with Crippen LogP contribution < -0.4 is 0 Å². The molecule has 0 aliphatic carbocycles. The van der Waals surface area contributed by atoms with Gasteiger partial charge in [-0.1, -0.05) is 265 Å². The van der Waals surface area contributed by atoms with Crippen LogP contribution in [0.25, 0.3) is 0 Å². The predicted octanol–water partition coefficient (Wildman–Crippen LogP) is 17.2. The summed E-state index contributed by atoms with van der Waals surface area (Å²) in [5, 5.41) is 0. The van der Waals surface area contributed by atoms with Crippen LogP contribution in [0.1, 0.15) is 303 Å². The molecule has 0 aromatic rings. The summed E-state index contributed by atoms with van der Waals surface area (Å²) < 4.78 is 16.7. The number of hydrogen-bond donors (Lipinski definition) is 0. The molecule has 6 heteroatoms. The Kier molecular flexibility index (Phi) is 47.7. The van der Waals surface area contributed by atoms with Gasteiger partial charge in [-0.3, -0.25) is 14.4 Å². The minimum atomic E-state index is -0.758. The molecular formula is C53H102O6. The van der Waals surface area contributed by atoms with Crippen LogP contribution in [0, 0.1) is 0 Å². The van der Waals surface area contributed by atoms with Crippen LogP contribution in [0.15, 0.2) is 0 Å². The highest BCUT2D eigenvalue weighted by Gasteiger charge is 2.19. The maximum absolute atomic E-state index is 12.7.